The number of aryl methyl sites for hydroxylation is 1. The molecule has 1 atom stereocenters. The van der Waals surface area contributed by atoms with E-state index in [0.29, 0.717) is 51.9 Å². The van der Waals surface area contributed by atoms with Crippen LogP contribution in [0.1, 0.15) is 38.2 Å². The van der Waals surface area contributed by atoms with Gasteiger partial charge in [0.1, 0.15) is 11.0 Å². The van der Waals surface area contributed by atoms with Crippen molar-refractivity contribution in [3.8, 4) is 0 Å². The van der Waals surface area contributed by atoms with E-state index in [9.17, 15) is 14.4 Å². The number of piperidine rings is 1. The molecule has 8 heteroatoms. The van der Waals surface area contributed by atoms with Gasteiger partial charge in [-0.1, -0.05) is 12.1 Å². The summed E-state index contributed by atoms with van der Waals surface area (Å²) in [5.74, 6) is -1.03. The standard InChI is InChI=1S/C23H33N5O3/c1-16-4-3-5-18(14-16)28-13-12-27(15-17(28)2)21(31)23(8-10-25-11-9-23)26-20(30)22(6-7-22)19(24)29/h3-5,14,17,25H,6-13,15H2,1-2H3,(H2,24,29)(H,26,30). The van der Waals surface area contributed by atoms with Crippen LogP contribution in [-0.4, -0.2) is 66.9 Å². The number of piperazine rings is 1. The molecule has 0 spiro atoms. The Bertz CT molecular complexity index is 876. The van der Waals surface area contributed by atoms with Crippen LogP contribution in [-0.2, 0) is 14.4 Å². The van der Waals surface area contributed by atoms with Crippen LogP contribution in [0.3, 0.4) is 0 Å². The Morgan fingerprint density at radius 3 is 2.42 bits per heavy atom. The van der Waals surface area contributed by atoms with Gasteiger partial charge in [0.05, 0.1) is 0 Å². The monoisotopic (exact) mass is 427 g/mol. The number of primary amides is 1. The molecule has 2 saturated heterocycles. The van der Waals surface area contributed by atoms with E-state index >= 15 is 0 Å². The fraction of sp³-hybridized carbons (Fsp3) is 0.609. The molecule has 0 radical (unpaired) electrons. The second kappa shape index (κ2) is 8.15. The maximum atomic E-state index is 13.7. The highest BCUT2D eigenvalue weighted by Crippen LogP contribution is 2.46. The molecule has 168 valence electrons. The molecule has 2 aliphatic heterocycles. The van der Waals surface area contributed by atoms with Crippen LogP contribution in [0.25, 0.3) is 0 Å². The molecule has 3 fully saturated rings. The van der Waals surface area contributed by atoms with Crippen LogP contribution in [0.4, 0.5) is 5.69 Å². The van der Waals surface area contributed by atoms with Crippen LogP contribution < -0.4 is 21.3 Å². The number of nitrogens with zero attached hydrogens (tertiary/aromatic N) is 2. The molecular weight excluding hydrogens is 394 g/mol. The molecule has 1 aliphatic carbocycles. The van der Waals surface area contributed by atoms with Gasteiger partial charge in [-0.15, -0.1) is 0 Å². The summed E-state index contributed by atoms with van der Waals surface area (Å²) in [6.07, 6.45) is 1.95. The van der Waals surface area contributed by atoms with Gasteiger partial charge in [0.25, 0.3) is 0 Å². The highest BCUT2D eigenvalue weighted by atomic mass is 16.2. The quantitative estimate of drug-likeness (QED) is 0.595. The van der Waals surface area contributed by atoms with Crippen LogP contribution in [0, 0.1) is 12.3 Å². The number of anilines is 1. The van der Waals surface area contributed by atoms with E-state index in [2.05, 4.69) is 53.6 Å². The predicted octanol–water partition coefficient (Wildman–Crippen LogP) is 0.536. The van der Waals surface area contributed by atoms with Crippen molar-refractivity contribution in [2.75, 3.05) is 37.6 Å². The first-order chi connectivity index (χ1) is 14.8. The lowest BCUT2D eigenvalue weighted by molar-refractivity contribution is -0.147. The maximum absolute atomic E-state index is 13.7. The summed E-state index contributed by atoms with van der Waals surface area (Å²) in [5.41, 5.74) is 5.76. The molecular formula is C23H33N5O3. The van der Waals surface area contributed by atoms with E-state index in [1.165, 1.54) is 11.3 Å². The van der Waals surface area contributed by atoms with Gasteiger partial charge in [0.2, 0.25) is 17.7 Å². The Labute approximate surface area is 183 Å². The third-order valence-corrected chi connectivity index (χ3v) is 7.12. The lowest BCUT2D eigenvalue weighted by atomic mass is 9.85. The van der Waals surface area contributed by atoms with Crippen molar-refractivity contribution < 1.29 is 14.4 Å². The molecule has 1 saturated carbocycles. The van der Waals surface area contributed by atoms with Crippen LogP contribution in [0.2, 0.25) is 0 Å². The van der Waals surface area contributed by atoms with Gasteiger partial charge >= 0.3 is 0 Å². The van der Waals surface area contributed by atoms with Gasteiger partial charge in [-0.05, 0) is 70.3 Å². The zero-order chi connectivity index (χ0) is 22.2. The Hall–Kier alpha value is -2.61. The number of rotatable bonds is 5. The largest absolute Gasteiger partial charge is 0.369 e. The molecule has 31 heavy (non-hydrogen) atoms. The average molecular weight is 428 g/mol. The van der Waals surface area contributed by atoms with Gasteiger partial charge < -0.3 is 26.2 Å². The van der Waals surface area contributed by atoms with Crippen molar-refractivity contribution in [1.82, 2.24) is 15.5 Å². The summed E-state index contributed by atoms with van der Waals surface area (Å²) < 4.78 is 0. The Morgan fingerprint density at radius 1 is 1.13 bits per heavy atom. The number of nitrogens with two attached hydrogens (primary N) is 1. The minimum Gasteiger partial charge on any atom is -0.369 e. The van der Waals surface area contributed by atoms with E-state index in [1.54, 1.807) is 0 Å². The normalized spacial score (nSPS) is 24.4. The first-order valence-corrected chi connectivity index (χ1v) is 11.2. The summed E-state index contributed by atoms with van der Waals surface area (Å²) >= 11 is 0. The second-order valence-corrected chi connectivity index (χ2v) is 9.37. The van der Waals surface area contributed by atoms with Crippen LogP contribution in [0.15, 0.2) is 24.3 Å². The highest BCUT2D eigenvalue weighted by Gasteiger charge is 2.58. The third-order valence-electron chi connectivity index (χ3n) is 7.12. The molecule has 1 aromatic carbocycles. The van der Waals surface area contributed by atoms with Gasteiger partial charge in [-0.25, -0.2) is 0 Å². The molecule has 1 unspecified atom stereocenters. The van der Waals surface area contributed by atoms with Gasteiger partial charge in [-0.3, -0.25) is 14.4 Å². The van der Waals surface area contributed by atoms with Crippen molar-refractivity contribution >= 4 is 23.4 Å². The first-order valence-electron chi connectivity index (χ1n) is 11.2. The number of carbonyl (C=O) groups excluding carboxylic acids is 3. The zero-order valence-corrected chi connectivity index (χ0v) is 18.4. The number of carbonyl (C=O) groups is 3. The van der Waals surface area contributed by atoms with E-state index < -0.39 is 16.9 Å². The Morgan fingerprint density at radius 2 is 1.84 bits per heavy atom. The van der Waals surface area contributed by atoms with Gasteiger partial charge in [-0.2, -0.15) is 0 Å². The zero-order valence-electron chi connectivity index (χ0n) is 18.4. The molecule has 3 amide bonds. The molecule has 4 rings (SSSR count). The maximum Gasteiger partial charge on any atom is 0.248 e. The van der Waals surface area contributed by atoms with Crippen molar-refractivity contribution in [3.63, 3.8) is 0 Å². The smallest absolute Gasteiger partial charge is 0.248 e. The topological polar surface area (TPSA) is 108 Å². The van der Waals surface area contributed by atoms with Crippen molar-refractivity contribution in [2.24, 2.45) is 11.1 Å². The Kier molecular flexibility index (Phi) is 5.68. The van der Waals surface area contributed by atoms with Gasteiger partial charge in [0, 0.05) is 31.4 Å². The fourth-order valence-electron chi connectivity index (χ4n) is 4.93. The lowest BCUT2D eigenvalue weighted by Crippen LogP contribution is -2.67. The van der Waals surface area contributed by atoms with E-state index in [0.717, 1.165) is 6.54 Å². The minimum atomic E-state index is -1.13. The summed E-state index contributed by atoms with van der Waals surface area (Å²) in [6.45, 7) is 7.44. The van der Waals surface area contributed by atoms with Crippen LogP contribution >= 0.6 is 0 Å². The molecule has 4 N–H and O–H groups in total. The summed E-state index contributed by atoms with van der Waals surface area (Å²) in [7, 11) is 0. The van der Waals surface area contributed by atoms with Crippen molar-refractivity contribution in [1.29, 1.82) is 0 Å². The van der Waals surface area contributed by atoms with E-state index in [1.807, 2.05) is 4.90 Å². The minimum absolute atomic E-state index is 0.0432. The highest BCUT2D eigenvalue weighted by molar-refractivity contribution is 6.08. The van der Waals surface area contributed by atoms with Gasteiger partial charge in [0.15, 0.2) is 0 Å². The number of benzene rings is 1. The van der Waals surface area contributed by atoms with E-state index in [-0.39, 0.29) is 17.9 Å². The SMILES string of the molecule is Cc1cccc(N2CCN(C(=O)C3(NC(=O)C4(C(N)=O)CC4)CCNCC3)CC2C)c1. The summed E-state index contributed by atoms with van der Waals surface area (Å²) in [4.78, 5) is 42.7. The molecule has 0 bridgehead atoms. The number of hydrogen-bond donors (Lipinski definition) is 3. The predicted molar refractivity (Wildman–Crippen MR) is 118 cm³/mol. The number of nitrogens with one attached hydrogen (secondary N) is 2. The summed E-state index contributed by atoms with van der Waals surface area (Å²) in [6, 6.07) is 8.57. The second-order valence-electron chi connectivity index (χ2n) is 9.37. The Balaban J connectivity index is 1.49. The van der Waals surface area contributed by atoms with Crippen molar-refractivity contribution in [3.05, 3.63) is 29.8 Å². The molecule has 8 nitrogen and oxygen atoms in total. The van der Waals surface area contributed by atoms with Crippen LogP contribution in [0.5, 0.6) is 0 Å². The average Bonchev–Trinajstić information content (AvgIpc) is 3.56. The number of amides is 3. The summed E-state index contributed by atoms with van der Waals surface area (Å²) in [5, 5.41) is 6.26. The molecule has 3 aliphatic rings. The van der Waals surface area contributed by atoms with Crippen molar-refractivity contribution in [2.45, 2.75) is 51.1 Å². The first kappa shape index (κ1) is 21.6. The lowest BCUT2D eigenvalue weighted by Gasteiger charge is -2.46. The number of hydrogen-bond acceptors (Lipinski definition) is 5. The molecule has 2 heterocycles. The molecule has 1 aromatic rings. The fourth-order valence-corrected chi connectivity index (χ4v) is 4.93. The molecule has 0 aromatic heterocycles. The van der Waals surface area contributed by atoms with E-state index in [4.69, 9.17) is 5.73 Å². The third kappa shape index (κ3) is 4.01.